The summed E-state index contributed by atoms with van der Waals surface area (Å²) in [6.45, 7) is 10.9. The summed E-state index contributed by atoms with van der Waals surface area (Å²) in [6, 6.07) is -1.15. The molecule has 3 aliphatic rings. The number of nitrogens with zero attached hydrogens (tertiary/aromatic N) is 3. The van der Waals surface area contributed by atoms with E-state index in [-0.39, 0.29) is 11.8 Å². The Kier molecular flexibility index (Phi) is 8.16. The zero-order valence-electron chi connectivity index (χ0n) is 19.2. The van der Waals surface area contributed by atoms with Gasteiger partial charge in [-0.25, -0.2) is 4.79 Å². The Morgan fingerprint density at radius 1 is 1.10 bits per heavy atom. The van der Waals surface area contributed by atoms with Gasteiger partial charge in [0.05, 0.1) is 13.2 Å². The van der Waals surface area contributed by atoms with Gasteiger partial charge in [-0.05, 0) is 59.5 Å². The maximum Gasteiger partial charge on any atom is 0.408 e. The van der Waals surface area contributed by atoms with Crippen molar-refractivity contribution in [3.05, 3.63) is 0 Å². The Balaban J connectivity index is 1.64. The minimum absolute atomic E-state index is 0.00780. The number of rotatable bonds is 6. The molecule has 176 valence electrons. The van der Waals surface area contributed by atoms with Gasteiger partial charge in [0.2, 0.25) is 11.8 Å². The van der Waals surface area contributed by atoms with Gasteiger partial charge in [0, 0.05) is 26.2 Å². The first-order valence-corrected chi connectivity index (χ1v) is 11.6. The molecule has 31 heavy (non-hydrogen) atoms. The average Bonchev–Trinajstić information content (AvgIpc) is 3.08. The van der Waals surface area contributed by atoms with E-state index in [0.717, 1.165) is 19.6 Å². The lowest BCUT2D eigenvalue weighted by atomic mass is 10.1. The van der Waals surface area contributed by atoms with Crippen molar-refractivity contribution < 1.29 is 23.9 Å². The van der Waals surface area contributed by atoms with Crippen molar-refractivity contribution >= 4 is 17.9 Å². The van der Waals surface area contributed by atoms with Crippen LogP contribution in [0.15, 0.2) is 0 Å². The summed E-state index contributed by atoms with van der Waals surface area (Å²) < 4.78 is 10.7. The van der Waals surface area contributed by atoms with Gasteiger partial charge >= 0.3 is 6.09 Å². The third-order valence-corrected chi connectivity index (χ3v) is 6.08. The van der Waals surface area contributed by atoms with E-state index >= 15 is 0 Å². The number of hydrogen-bond donors (Lipinski definition) is 1. The Bertz CT molecular complexity index is 638. The van der Waals surface area contributed by atoms with Gasteiger partial charge in [-0.3, -0.25) is 9.59 Å². The van der Waals surface area contributed by atoms with E-state index in [1.54, 1.807) is 25.7 Å². The normalized spacial score (nSPS) is 24.2. The van der Waals surface area contributed by atoms with Crippen LogP contribution in [0.2, 0.25) is 0 Å². The second kappa shape index (κ2) is 10.6. The third kappa shape index (κ3) is 6.80. The van der Waals surface area contributed by atoms with Crippen LogP contribution in [0.3, 0.4) is 0 Å². The van der Waals surface area contributed by atoms with E-state index in [4.69, 9.17) is 9.47 Å². The van der Waals surface area contributed by atoms with Crippen LogP contribution in [0, 0.1) is 0 Å². The molecular formula is C22H38N4O5. The van der Waals surface area contributed by atoms with E-state index < -0.39 is 23.8 Å². The second-order valence-corrected chi connectivity index (χ2v) is 9.66. The molecule has 3 rings (SSSR count). The number of nitrogens with one attached hydrogen (secondary N) is 1. The van der Waals surface area contributed by atoms with E-state index in [1.165, 1.54) is 19.3 Å². The van der Waals surface area contributed by atoms with Gasteiger partial charge in [-0.1, -0.05) is 6.42 Å². The van der Waals surface area contributed by atoms with Gasteiger partial charge < -0.3 is 29.5 Å². The first-order chi connectivity index (χ1) is 14.7. The number of carbonyl (C=O) groups excluding carboxylic acids is 3. The molecule has 3 amide bonds. The molecular weight excluding hydrogens is 400 g/mol. The van der Waals surface area contributed by atoms with E-state index in [1.807, 2.05) is 4.90 Å². The van der Waals surface area contributed by atoms with Gasteiger partial charge in [0.15, 0.2) is 0 Å². The molecule has 3 aliphatic heterocycles. The largest absolute Gasteiger partial charge is 0.444 e. The maximum absolute atomic E-state index is 13.4. The summed E-state index contributed by atoms with van der Waals surface area (Å²) in [5, 5.41) is 2.69. The number of alkyl carbamates (subject to hydrolysis) is 1. The number of piperidine rings is 1. The van der Waals surface area contributed by atoms with Crippen molar-refractivity contribution in [2.75, 3.05) is 52.5 Å². The molecule has 3 heterocycles. The molecule has 0 aromatic heterocycles. The highest BCUT2D eigenvalue weighted by atomic mass is 16.6. The summed E-state index contributed by atoms with van der Waals surface area (Å²) >= 11 is 0. The zero-order valence-corrected chi connectivity index (χ0v) is 19.2. The SMILES string of the molecule is CC(C)(C)OC(=O)N[C@H]1CCN([C@@H](CCN2CCCCC2)C(=O)N2CCOCC2)C1=O. The molecule has 0 aromatic carbocycles. The summed E-state index contributed by atoms with van der Waals surface area (Å²) in [7, 11) is 0. The van der Waals surface area contributed by atoms with Crippen molar-refractivity contribution in [1.82, 2.24) is 20.0 Å². The molecule has 0 radical (unpaired) electrons. The Morgan fingerprint density at radius 2 is 1.77 bits per heavy atom. The highest BCUT2D eigenvalue weighted by Crippen LogP contribution is 2.21. The van der Waals surface area contributed by atoms with Crippen LogP contribution in [0.5, 0.6) is 0 Å². The quantitative estimate of drug-likeness (QED) is 0.670. The predicted molar refractivity (Wildman–Crippen MR) is 116 cm³/mol. The number of morpholine rings is 1. The standard InChI is InChI=1S/C22H38N4O5/c1-22(2,3)31-21(29)23-17-7-12-26(19(17)27)18(8-11-24-9-5-4-6-10-24)20(28)25-13-15-30-16-14-25/h17-18H,4-16H2,1-3H3,(H,23,29)/t17-,18-/m0/s1. The Hall–Kier alpha value is -1.87. The lowest BCUT2D eigenvalue weighted by Gasteiger charge is -2.36. The first kappa shape index (κ1) is 23.8. The van der Waals surface area contributed by atoms with Crippen molar-refractivity contribution in [3.63, 3.8) is 0 Å². The van der Waals surface area contributed by atoms with Gasteiger partial charge in [-0.15, -0.1) is 0 Å². The number of carbonyl (C=O) groups is 3. The molecule has 0 unspecified atom stereocenters. The van der Waals surface area contributed by atoms with E-state index in [0.29, 0.717) is 45.7 Å². The van der Waals surface area contributed by atoms with Gasteiger partial charge in [0.1, 0.15) is 17.7 Å². The molecule has 2 atom stereocenters. The van der Waals surface area contributed by atoms with E-state index in [9.17, 15) is 14.4 Å². The number of likely N-dealkylation sites (tertiary alicyclic amines) is 2. The van der Waals surface area contributed by atoms with Crippen molar-refractivity contribution in [2.45, 2.75) is 70.6 Å². The van der Waals surface area contributed by atoms with Crippen LogP contribution in [-0.2, 0) is 19.1 Å². The molecule has 0 aliphatic carbocycles. The Labute approximate surface area is 185 Å². The van der Waals surface area contributed by atoms with Gasteiger partial charge in [0.25, 0.3) is 0 Å². The fourth-order valence-electron chi connectivity index (χ4n) is 4.49. The minimum Gasteiger partial charge on any atom is -0.444 e. The van der Waals surface area contributed by atoms with Crippen LogP contribution < -0.4 is 5.32 Å². The van der Waals surface area contributed by atoms with Crippen LogP contribution in [0.4, 0.5) is 4.79 Å². The molecule has 0 saturated carbocycles. The predicted octanol–water partition coefficient (Wildman–Crippen LogP) is 1.22. The smallest absolute Gasteiger partial charge is 0.408 e. The number of hydrogen-bond acceptors (Lipinski definition) is 6. The fourth-order valence-corrected chi connectivity index (χ4v) is 4.49. The molecule has 0 spiro atoms. The minimum atomic E-state index is -0.648. The lowest BCUT2D eigenvalue weighted by molar-refractivity contribution is -0.147. The molecule has 0 bridgehead atoms. The summed E-state index contributed by atoms with van der Waals surface area (Å²) in [6.07, 6.45) is 4.13. The summed E-state index contributed by atoms with van der Waals surface area (Å²) in [4.78, 5) is 44.5. The third-order valence-electron chi connectivity index (χ3n) is 6.08. The van der Waals surface area contributed by atoms with Gasteiger partial charge in [-0.2, -0.15) is 0 Å². The molecule has 1 N–H and O–H groups in total. The van der Waals surface area contributed by atoms with E-state index in [2.05, 4.69) is 10.2 Å². The highest BCUT2D eigenvalue weighted by molar-refractivity contribution is 5.92. The van der Waals surface area contributed by atoms with Crippen LogP contribution in [0.25, 0.3) is 0 Å². The van der Waals surface area contributed by atoms with Crippen molar-refractivity contribution in [1.29, 1.82) is 0 Å². The first-order valence-electron chi connectivity index (χ1n) is 11.6. The summed E-state index contributed by atoms with van der Waals surface area (Å²) in [5.74, 6) is -0.206. The van der Waals surface area contributed by atoms with Crippen LogP contribution in [0.1, 0.15) is 52.9 Å². The second-order valence-electron chi connectivity index (χ2n) is 9.66. The molecule has 9 heteroatoms. The molecule has 3 saturated heterocycles. The zero-order chi connectivity index (χ0) is 22.4. The van der Waals surface area contributed by atoms with Crippen molar-refractivity contribution in [2.24, 2.45) is 0 Å². The topological polar surface area (TPSA) is 91.4 Å². The average molecular weight is 439 g/mol. The highest BCUT2D eigenvalue weighted by Gasteiger charge is 2.41. The van der Waals surface area contributed by atoms with Crippen LogP contribution in [-0.4, -0.2) is 103 Å². The fraction of sp³-hybridized carbons (Fsp3) is 0.864. The Morgan fingerprint density at radius 3 is 2.42 bits per heavy atom. The summed E-state index contributed by atoms with van der Waals surface area (Å²) in [5.41, 5.74) is -0.630. The lowest BCUT2D eigenvalue weighted by Crippen LogP contribution is -2.54. The molecule has 3 fully saturated rings. The molecule has 0 aromatic rings. The number of amides is 3. The number of ether oxygens (including phenoxy) is 2. The molecule has 9 nitrogen and oxygen atoms in total. The van der Waals surface area contributed by atoms with Crippen LogP contribution >= 0.6 is 0 Å². The maximum atomic E-state index is 13.4. The monoisotopic (exact) mass is 438 g/mol. The van der Waals surface area contributed by atoms with Crippen molar-refractivity contribution in [3.8, 4) is 0 Å².